The van der Waals surface area contributed by atoms with Gasteiger partial charge in [0.2, 0.25) is 0 Å². The Labute approximate surface area is 142 Å². The first-order chi connectivity index (χ1) is 11.7. The van der Waals surface area contributed by atoms with Gasteiger partial charge in [-0.25, -0.2) is 0 Å². The van der Waals surface area contributed by atoms with Crippen LogP contribution in [-0.2, 0) is 9.53 Å². The first-order valence-corrected chi connectivity index (χ1v) is 8.50. The lowest BCUT2D eigenvalue weighted by atomic mass is 10.1. The highest BCUT2D eigenvalue weighted by molar-refractivity contribution is 6.05. The summed E-state index contributed by atoms with van der Waals surface area (Å²) in [7, 11) is 0. The minimum atomic E-state index is -0.130. The van der Waals surface area contributed by atoms with Gasteiger partial charge in [0.1, 0.15) is 0 Å². The van der Waals surface area contributed by atoms with Crippen molar-refractivity contribution in [1.82, 2.24) is 10.3 Å². The zero-order chi connectivity index (χ0) is 17.2. The van der Waals surface area contributed by atoms with Gasteiger partial charge in [-0.3, -0.25) is 14.6 Å². The van der Waals surface area contributed by atoms with E-state index in [1.807, 2.05) is 31.2 Å². The molecule has 5 nitrogen and oxygen atoms in total. The number of aromatic nitrogens is 1. The molecule has 2 rings (SSSR count). The zero-order valence-electron chi connectivity index (χ0n) is 14.1. The molecule has 128 valence electrons. The number of rotatable bonds is 9. The maximum absolute atomic E-state index is 12.3. The van der Waals surface area contributed by atoms with Gasteiger partial charge < -0.3 is 10.1 Å². The van der Waals surface area contributed by atoms with Crippen molar-refractivity contribution in [2.45, 2.75) is 39.0 Å². The zero-order valence-corrected chi connectivity index (χ0v) is 14.1. The van der Waals surface area contributed by atoms with E-state index in [9.17, 15) is 9.59 Å². The van der Waals surface area contributed by atoms with Crippen molar-refractivity contribution in [3.63, 3.8) is 0 Å². The van der Waals surface area contributed by atoms with Gasteiger partial charge in [-0.05, 0) is 31.9 Å². The van der Waals surface area contributed by atoms with Crippen LogP contribution < -0.4 is 5.32 Å². The second kappa shape index (κ2) is 9.65. The van der Waals surface area contributed by atoms with Crippen molar-refractivity contribution in [1.29, 1.82) is 0 Å². The maximum Gasteiger partial charge on any atom is 0.305 e. The highest BCUT2D eigenvalue weighted by atomic mass is 16.5. The molecule has 1 N–H and O–H groups in total. The van der Waals surface area contributed by atoms with E-state index in [0.717, 1.165) is 36.6 Å². The Morgan fingerprint density at radius 3 is 2.71 bits per heavy atom. The molecule has 1 aromatic carbocycles. The van der Waals surface area contributed by atoms with E-state index in [4.69, 9.17) is 4.74 Å². The van der Waals surface area contributed by atoms with Crippen LogP contribution in [-0.4, -0.2) is 30.0 Å². The molecule has 1 heterocycles. The molecule has 24 heavy (non-hydrogen) atoms. The van der Waals surface area contributed by atoms with Gasteiger partial charge >= 0.3 is 5.97 Å². The Bertz CT molecular complexity index is 680. The minimum absolute atomic E-state index is 0.0918. The van der Waals surface area contributed by atoms with Crippen LogP contribution in [0.2, 0.25) is 0 Å². The number of fused-ring (bicyclic) bond motifs is 1. The van der Waals surface area contributed by atoms with Crippen molar-refractivity contribution in [3.8, 4) is 0 Å². The quantitative estimate of drug-likeness (QED) is 0.565. The predicted octanol–water partition coefficient (Wildman–Crippen LogP) is 3.48. The lowest BCUT2D eigenvalue weighted by molar-refractivity contribution is -0.143. The van der Waals surface area contributed by atoms with Crippen LogP contribution in [0.1, 0.15) is 49.4 Å². The van der Waals surface area contributed by atoms with E-state index in [1.54, 1.807) is 12.3 Å². The number of para-hydroxylation sites is 1. The minimum Gasteiger partial charge on any atom is -0.466 e. The summed E-state index contributed by atoms with van der Waals surface area (Å²) in [5.74, 6) is -0.222. The first-order valence-electron chi connectivity index (χ1n) is 8.50. The number of benzene rings is 1. The van der Waals surface area contributed by atoms with Gasteiger partial charge in [-0.1, -0.05) is 31.0 Å². The first kappa shape index (κ1) is 17.9. The molecule has 0 aliphatic rings. The Balaban J connectivity index is 1.69. The average molecular weight is 328 g/mol. The summed E-state index contributed by atoms with van der Waals surface area (Å²) in [4.78, 5) is 27.8. The van der Waals surface area contributed by atoms with Crippen LogP contribution in [0, 0.1) is 0 Å². The molecule has 0 spiro atoms. The Kier molecular flexibility index (Phi) is 7.21. The molecule has 0 saturated heterocycles. The fourth-order valence-corrected chi connectivity index (χ4v) is 2.57. The molecule has 0 radical (unpaired) electrons. The van der Waals surface area contributed by atoms with E-state index < -0.39 is 0 Å². The summed E-state index contributed by atoms with van der Waals surface area (Å²) in [5.41, 5.74) is 1.34. The van der Waals surface area contributed by atoms with Crippen molar-refractivity contribution < 1.29 is 14.3 Å². The molecule has 5 heteroatoms. The number of esters is 1. The smallest absolute Gasteiger partial charge is 0.305 e. The van der Waals surface area contributed by atoms with Gasteiger partial charge in [0.25, 0.3) is 5.91 Å². The SMILES string of the molecule is CCOC(=O)CCCCCCNC(=O)c1cccc2cccnc12. The summed E-state index contributed by atoms with van der Waals surface area (Å²) in [5, 5.41) is 3.90. The Hall–Kier alpha value is -2.43. The van der Waals surface area contributed by atoms with Crippen LogP contribution in [0.25, 0.3) is 10.9 Å². The highest BCUT2D eigenvalue weighted by Gasteiger charge is 2.09. The second-order valence-electron chi connectivity index (χ2n) is 5.61. The molecule has 0 fully saturated rings. The van der Waals surface area contributed by atoms with Crippen molar-refractivity contribution in [2.24, 2.45) is 0 Å². The number of hydrogen-bond acceptors (Lipinski definition) is 4. The van der Waals surface area contributed by atoms with Crippen LogP contribution in [0.5, 0.6) is 0 Å². The summed E-state index contributed by atoms with van der Waals surface area (Å²) in [6, 6.07) is 9.42. The number of nitrogens with zero attached hydrogens (tertiary/aromatic N) is 1. The van der Waals surface area contributed by atoms with Crippen molar-refractivity contribution in [2.75, 3.05) is 13.2 Å². The fraction of sp³-hybridized carbons (Fsp3) is 0.421. The Morgan fingerprint density at radius 2 is 1.88 bits per heavy atom. The number of unbranched alkanes of at least 4 members (excludes halogenated alkanes) is 3. The summed E-state index contributed by atoms with van der Waals surface area (Å²) in [6.45, 7) is 2.88. The van der Waals surface area contributed by atoms with Crippen LogP contribution in [0.3, 0.4) is 0 Å². The molecular weight excluding hydrogens is 304 g/mol. The maximum atomic E-state index is 12.3. The van der Waals surface area contributed by atoms with Gasteiger partial charge in [0, 0.05) is 24.5 Å². The van der Waals surface area contributed by atoms with E-state index in [0.29, 0.717) is 25.1 Å². The lowest BCUT2D eigenvalue weighted by Crippen LogP contribution is -2.24. The van der Waals surface area contributed by atoms with Crippen molar-refractivity contribution in [3.05, 3.63) is 42.1 Å². The molecule has 0 unspecified atom stereocenters. The largest absolute Gasteiger partial charge is 0.466 e. The van der Waals surface area contributed by atoms with Gasteiger partial charge in [-0.15, -0.1) is 0 Å². The van der Waals surface area contributed by atoms with Crippen LogP contribution in [0.4, 0.5) is 0 Å². The molecular formula is C19H24N2O3. The summed E-state index contributed by atoms with van der Waals surface area (Å²) in [6.07, 6.45) is 5.84. The van der Waals surface area contributed by atoms with Gasteiger partial charge in [-0.2, -0.15) is 0 Å². The molecule has 0 aliphatic carbocycles. The number of pyridine rings is 1. The second-order valence-corrected chi connectivity index (χ2v) is 5.61. The van der Waals surface area contributed by atoms with Crippen LogP contribution >= 0.6 is 0 Å². The standard InChI is InChI=1S/C19H24N2O3/c1-2-24-17(22)12-5-3-4-6-13-21-19(23)16-11-7-9-15-10-8-14-20-18(15)16/h7-11,14H,2-6,12-13H2,1H3,(H,21,23). The highest BCUT2D eigenvalue weighted by Crippen LogP contribution is 2.15. The lowest BCUT2D eigenvalue weighted by Gasteiger charge is -2.07. The monoisotopic (exact) mass is 328 g/mol. The molecule has 1 amide bonds. The van der Waals surface area contributed by atoms with E-state index in [-0.39, 0.29) is 11.9 Å². The number of carbonyl (C=O) groups excluding carboxylic acids is 2. The predicted molar refractivity (Wildman–Crippen MR) is 93.8 cm³/mol. The third kappa shape index (κ3) is 5.33. The third-order valence-corrected chi connectivity index (χ3v) is 3.78. The number of carbonyl (C=O) groups is 2. The average Bonchev–Trinajstić information content (AvgIpc) is 2.60. The van der Waals surface area contributed by atoms with Crippen molar-refractivity contribution >= 4 is 22.8 Å². The van der Waals surface area contributed by atoms with E-state index >= 15 is 0 Å². The molecule has 0 saturated carbocycles. The number of nitrogens with one attached hydrogen (secondary N) is 1. The summed E-state index contributed by atoms with van der Waals surface area (Å²) < 4.78 is 4.88. The topological polar surface area (TPSA) is 68.3 Å². The number of hydrogen-bond donors (Lipinski definition) is 1. The van der Waals surface area contributed by atoms with E-state index in [2.05, 4.69) is 10.3 Å². The van der Waals surface area contributed by atoms with Gasteiger partial charge in [0.05, 0.1) is 17.7 Å². The van der Waals surface area contributed by atoms with Gasteiger partial charge in [0.15, 0.2) is 0 Å². The molecule has 1 aromatic heterocycles. The Morgan fingerprint density at radius 1 is 1.08 bits per heavy atom. The number of ether oxygens (including phenoxy) is 1. The normalized spacial score (nSPS) is 10.5. The van der Waals surface area contributed by atoms with Crippen LogP contribution in [0.15, 0.2) is 36.5 Å². The summed E-state index contributed by atoms with van der Waals surface area (Å²) >= 11 is 0. The molecule has 2 aromatic rings. The molecule has 0 bridgehead atoms. The number of amides is 1. The molecule has 0 atom stereocenters. The van der Waals surface area contributed by atoms with E-state index in [1.165, 1.54) is 0 Å². The third-order valence-electron chi connectivity index (χ3n) is 3.78. The fourth-order valence-electron chi connectivity index (χ4n) is 2.57. The molecule has 0 aliphatic heterocycles.